The number of anilines is 2. The predicted molar refractivity (Wildman–Crippen MR) is 136 cm³/mol. The molecule has 6 nitrogen and oxygen atoms in total. The molecule has 1 aromatic carbocycles. The van der Waals surface area contributed by atoms with Gasteiger partial charge in [-0.25, -0.2) is 4.98 Å². The maximum absolute atomic E-state index is 13.4. The van der Waals surface area contributed by atoms with Crippen molar-refractivity contribution in [2.24, 2.45) is 0 Å². The minimum absolute atomic E-state index is 0.0644. The molecule has 2 bridgehead atoms. The SMILES string of the molecule is CC1(C)Cc2nc(N3C4CCC3CC(c3ccc(Cl)cc3)C4)nc(NC3(CO)CCC3)c2S1=O. The van der Waals surface area contributed by atoms with Crippen LogP contribution in [0.25, 0.3) is 0 Å². The number of hydrogen-bond donors (Lipinski definition) is 2. The third-order valence-corrected chi connectivity index (χ3v) is 10.7. The number of benzene rings is 1. The average Bonchev–Trinajstić information content (AvgIpc) is 3.18. The van der Waals surface area contributed by atoms with Crippen molar-refractivity contribution in [2.45, 2.75) is 98.4 Å². The van der Waals surface area contributed by atoms with Crippen LogP contribution >= 0.6 is 11.6 Å². The molecule has 2 saturated heterocycles. The number of fused-ring (bicyclic) bond motifs is 3. The Labute approximate surface area is 209 Å². The normalized spacial score (nSPS) is 30.6. The van der Waals surface area contributed by atoms with Crippen LogP contribution in [0.2, 0.25) is 5.02 Å². The van der Waals surface area contributed by atoms with Crippen LogP contribution in [-0.4, -0.2) is 48.3 Å². The number of nitrogens with one attached hydrogen (secondary N) is 1. The van der Waals surface area contributed by atoms with Gasteiger partial charge >= 0.3 is 0 Å². The number of aliphatic hydroxyl groups excluding tert-OH is 1. The first-order valence-corrected chi connectivity index (χ1v) is 14.1. The van der Waals surface area contributed by atoms with E-state index in [1.807, 2.05) is 26.0 Å². The summed E-state index contributed by atoms with van der Waals surface area (Å²) in [4.78, 5) is 13.3. The van der Waals surface area contributed by atoms with E-state index in [1.165, 1.54) is 5.56 Å². The molecule has 34 heavy (non-hydrogen) atoms. The zero-order valence-electron chi connectivity index (χ0n) is 19.9. The molecule has 3 atom stereocenters. The van der Waals surface area contributed by atoms with Crippen molar-refractivity contribution < 1.29 is 9.32 Å². The zero-order valence-corrected chi connectivity index (χ0v) is 21.5. The van der Waals surface area contributed by atoms with Gasteiger partial charge in [0.25, 0.3) is 0 Å². The van der Waals surface area contributed by atoms with Gasteiger partial charge in [-0.2, -0.15) is 4.98 Å². The van der Waals surface area contributed by atoms with Crippen molar-refractivity contribution in [1.29, 1.82) is 0 Å². The Bertz CT molecular complexity index is 1110. The number of halogens is 1. The topological polar surface area (TPSA) is 78.3 Å². The van der Waals surface area contributed by atoms with Gasteiger partial charge in [0, 0.05) is 23.5 Å². The monoisotopic (exact) mass is 500 g/mol. The third kappa shape index (κ3) is 3.66. The van der Waals surface area contributed by atoms with Crippen LogP contribution in [0.1, 0.15) is 76.0 Å². The van der Waals surface area contributed by atoms with Gasteiger partial charge < -0.3 is 15.3 Å². The molecule has 1 aliphatic carbocycles. The van der Waals surface area contributed by atoms with Gasteiger partial charge in [0.15, 0.2) is 0 Å². The van der Waals surface area contributed by atoms with Gasteiger partial charge in [0.2, 0.25) is 5.95 Å². The second-order valence-corrected chi connectivity index (χ2v) is 13.8. The maximum atomic E-state index is 13.4. The van der Waals surface area contributed by atoms with Gasteiger partial charge in [-0.3, -0.25) is 4.21 Å². The fourth-order valence-corrected chi connectivity index (χ4v) is 7.98. The molecule has 1 aromatic heterocycles. The summed E-state index contributed by atoms with van der Waals surface area (Å²) in [6, 6.07) is 9.13. The Balaban J connectivity index is 1.34. The van der Waals surface area contributed by atoms with Crippen LogP contribution < -0.4 is 10.2 Å². The quantitative estimate of drug-likeness (QED) is 0.613. The van der Waals surface area contributed by atoms with Crippen molar-refractivity contribution in [1.82, 2.24) is 9.97 Å². The van der Waals surface area contributed by atoms with Crippen molar-refractivity contribution in [3.63, 3.8) is 0 Å². The van der Waals surface area contributed by atoms with Crippen molar-refractivity contribution in [2.75, 3.05) is 16.8 Å². The molecule has 4 heterocycles. The molecule has 182 valence electrons. The van der Waals surface area contributed by atoms with E-state index in [2.05, 4.69) is 22.3 Å². The summed E-state index contributed by atoms with van der Waals surface area (Å²) in [5, 5.41) is 14.4. The highest BCUT2D eigenvalue weighted by atomic mass is 35.5. The van der Waals surface area contributed by atoms with Crippen molar-refractivity contribution in [3.8, 4) is 0 Å². The molecule has 2 aromatic rings. The number of rotatable bonds is 5. The van der Waals surface area contributed by atoms with Gasteiger partial charge in [-0.1, -0.05) is 23.7 Å². The number of aliphatic hydroxyl groups is 1. The number of nitrogens with zero attached hydrogens (tertiary/aromatic N) is 3. The molecule has 1 saturated carbocycles. The standard InChI is InChI=1S/C26H33ClN4O2S/c1-25(2)14-21-22(34(25)33)23(30-26(15-32)10-3-11-26)29-24(28-21)31-19-8-9-20(31)13-17(12-19)16-4-6-18(27)7-5-16/h4-7,17,19-20,32H,3,8-15H2,1-2H3,(H,28,29,30). The Hall–Kier alpha value is -1.70. The summed E-state index contributed by atoms with van der Waals surface area (Å²) in [7, 11) is -1.18. The minimum atomic E-state index is -1.18. The van der Waals surface area contributed by atoms with Gasteiger partial charge in [-0.15, -0.1) is 0 Å². The van der Waals surface area contributed by atoms with E-state index in [9.17, 15) is 9.32 Å². The lowest BCUT2D eigenvalue weighted by Crippen LogP contribution is -2.49. The van der Waals surface area contributed by atoms with Crippen LogP contribution in [-0.2, 0) is 17.2 Å². The van der Waals surface area contributed by atoms with E-state index in [-0.39, 0.29) is 16.9 Å². The molecule has 3 fully saturated rings. The van der Waals surface area contributed by atoms with Crippen LogP contribution in [0, 0.1) is 0 Å². The highest BCUT2D eigenvalue weighted by molar-refractivity contribution is 7.87. The largest absolute Gasteiger partial charge is 0.394 e. The Morgan fingerprint density at radius 2 is 1.82 bits per heavy atom. The highest BCUT2D eigenvalue weighted by Gasteiger charge is 2.46. The van der Waals surface area contributed by atoms with E-state index < -0.39 is 10.8 Å². The lowest BCUT2D eigenvalue weighted by atomic mass is 9.77. The smallest absolute Gasteiger partial charge is 0.228 e. The number of piperidine rings is 1. The first-order chi connectivity index (χ1) is 16.3. The van der Waals surface area contributed by atoms with Gasteiger partial charge in [0.05, 0.1) is 33.4 Å². The highest BCUT2D eigenvalue weighted by Crippen LogP contribution is 2.47. The van der Waals surface area contributed by atoms with Crippen LogP contribution in [0.3, 0.4) is 0 Å². The lowest BCUT2D eigenvalue weighted by molar-refractivity contribution is 0.143. The summed E-state index contributed by atoms with van der Waals surface area (Å²) in [5.41, 5.74) is 1.92. The molecule has 3 aliphatic heterocycles. The first kappa shape index (κ1) is 22.7. The minimum Gasteiger partial charge on any atom is -0.394 e. The van der Waals surface area contributed by atoms with Gasteiger partial charge in [0.1, 0.15) is 10.7 Å². The molecule has 0 radical (unpaired) electrons. The van der Waals surface area contributed by atoms with E-state index in [4.69, 9.17) is 21.6 Å². The Morgan fingerprint density at radius 3 is 2.41 bits per heavy atom. The molecule has 6 rings (SSSR count). The Morgan fingerprint density at radius 1 is 1.15 bits per heavy atom. The molecular weight excluding hydrogens is 468 g/mol. The maximum Gasteiger partial charge on any atom is 0.228 e. The molecule has 2 N–H and O–H groups in total. The fourth-order valence-electron chi connectivity index (χ4n) is 6.43. The van der Waals surface area contributed by atoms with Crippen molar-refractivity contribution >= 4 is 34.2 Å². The molecule has 4 aliphatic rings. The average molecular weight is 501 g/mol. The van der Waals surface area contributed by atoms with Crippen LogP contribution in [0.4, 0.5) is 11.8 Å². The second kappa shape index (κ2) is 8.17. The number of hydrogen-bond acceptors (Lipinski definition) is 6. The lowest BCUT2D eigenvalue weighted by Gasteiger charge is -2.42. The molecule has 3 unspecified atom stereocenters. The second-order valence-electron chi connectivity index (χ2n) is 11.3. The first-order valence-electron chi connectivity index (χ1n) is 12.5. The Kier molecular flexibility index (Phi) is 5.47. The summed E-state index contributed by atoms with van der Waals surface area (Å²) in [6.07, 6.45) is 8.05. The fraction of sp³-hybridized carbons (Fsp3) is 0.615. The van der Waals surface area contributed by atoms with Crippen LogP contribution in [0.5, 0.6) is 0 Å². The molecule has 0 amide bonds. The summed E-state index contributed by atoms with van der Waals surface area (Å²) >= 11 is 6.12. The van der Waals surface area contributed by atoms with E-state index in [0.717, 1.165) is 66.5 Å². The zero-order chi connectivity index (χ0) is 23.7. The predicted octanol–water partition coefficient (Wildman–Crippen LogP) is 4.81. The third-order valence-electron chi connectivity index (χ3n) is 8.51. The van der Waals surface area contributed by atoms with Crippen LogP contribution in [0.15, 0.2) is 29.2 Å². The molecule has 0 spiro atoms. The summed E-state index contributed by atoms with van der Waals surface area (Å²) < 4.78 is 13.0. The van der Waals surface area contributed by atoms with Crippen molar-refractivity contribution in [3.05, 3.63) is 40.5 Å². The number of aromatic nitrogens is 2. The summed E-state index contributed by atoms with van der Waals surface area (Å²) in [5.74, 6) is 1.97. The molecule has 8 heteroatoms. The van der Waals surface area contributed by atoms with E-state index in [0.29, 0.717) is 30.2 Å². The van der Waals surface area contributed by atoms with E-state index >= 15 is 0 Å². The van der Waals surface area contributed by atoms with E-state index in [1.54, 1.807) is 0 Å². The summed E-state index contributed by atoms with van der Waals surface area (Å²) in [6.45, 7) is 4.15. The molecular formula is C26H33ClN4O2S. The van der Waals surface area contributed by atoms with Gasteiger partial charge in [-0.05, 0) is 82.4 Å².